The number of nitrogens with two attached hydrogens (primary N) is 1. The number of benzene rings is 1. The van der Waals surface area contributed by atoms with E-state index in [1.807, 2.05) is 18.2 Å². The zero-order chi connectivity index (χ0) is 15.2. The number of rotatable bonds is 8. The van der Waals surface area contributed by atoms with Crippen molar-refractivity contribution in [3.63, 3.8) is 0 Å². The van der Waals surface area contributed by atoms with Crippen molar-refractivity contribution in [2.45, 2.75) is 25.7 Å². The molecular weight excluding hydrogens is 282 g/mol. The van der Waals surface area contributed by atoms with E-state index in [9.17, 15) is 4.79 Å². The highest BCUT2D eigenvalue weighted by atomic mass is 32.1. The number of carbonyl (C=O) groups excluding carboxylic acids is 1. The molecule has 1 aliphatic carbocycles. The summed E-state index contributed by atoms with van der Waals surface area (Å²) < 4.78 is 0. The highest BCUT2D eigenvalue weighted by Crippen LogP contribution is 2.29. The van der Waals surface area contributed by atoms with Crippen LogP contribution in [0.15, 0.2) is 24.3 Å². The Bertz CT molecular complexity index is 514. The van der Waals surface area contributed by atoms with E-state index < -0.39 is 0 Å². The summed E-state index contributed by atoms with van der Waals surface area (Å²) in [7, 11) is 2.13. The molecule has 1 aromatic carbocycles. The third-order valence-corrected chi connectivity index (χ3v) is 3.88. The molecule has 0 aromatic heterocycles. The van der Waals surface area contributed by atoms with Gasteiger partial charge in [-0.05, 0) is 50.9 Å². The largest absolute Gasteiger partial charge is 0.389 e. The Morgan fingerprint density at radius 2 is 2.24 bits per heavy atom. The third-order valence-electron chi connectivity index (χ3n) is 3.64. The summed E-state index contributed by atoms with van der Waals surface area (Å²) in [6.45, 7) is 2.13. The van der Waals surface area contributed by atoms with Gasteiger partial charge in [0.05, 0.1) is 0 Å². The van der Waals surface area contributed by atoms with E-state index in [2.05, 4.69) is 17.3 Å². The lowest BCUT2D eigenvalue weighted by atomic mass is 10.2. The maximum atomic E-state index is 11.9. The first-order valence-electron chi connectivity index (χ1n) is 7.43. The van der Waals surface area contributed by atoms with Crippen LogP contribution in [0.3, 0.4) is 0 Å². The van der Waals surface area contributed by atoms with Gasteiger partial charge in [0.2, 0.25) is 5.91 Å². The number of thiocarbonyl (C=S) groups is 1. The first-order chi connectivity index (χ1) is 10.0. The van der Waals surface area contributed by atoms with Gasteiger partial charge in [0.15, 0.2) is 0 Å². The number of anilines is 1. The molecule has 1 fully saturated rings. The van der Waals surface area contributed by atoms with Crippen molar-refractivity contribution in [2.75, 3.05) is 25.5 Å². The topological polar surface area (TPSA) is 58.4 Å². The fourth-order valence-corrected chi connectivity index (χ4v) is 2.44. The van der Waals surface area contributed by atoms with E-state index in [1.165, 1.54) is 12.8 Å². The number of hydrogen-bond donors (Lipinski definition) is 2. The van der Waals surface area contributed by atoms with Crippen LogP contribution in [0.5, 0.6) is 0 Å². The van der Waals surface area contributed by atoms with Crippen LogP contribution in [-0.2, 0) is 4.79 Å². The molecule has 0 unspecified atom stereocenters. The summed E-state index contributed by atoms with van der Waals surface area (Å²) in [6, 6.07) is 7.33. The highest BCUT2D eigenvalue weighted by molar-refractivity contribution is 7.80. The fourth-order valence-electron chi connectivity index (χ4n) is 2.32. The zero-order valence-electron chi connectivity index (χ0n) is 12.5. The molecule has 1 aromatic rings. The molecule has 114 valence electrons. The molecule has 1 aliphatic rings. The van der Waals surface area contributed by atoms with Crippen molar-refractivity contribution in [3.8, 4) is 0 Å². The molecule has 3 N–H and O–H groups in total. The van der Waals surface area contributed by atoms with Crippen molar-refractivity contribution < 1.29 is 4.79 Å². The number of amides is 1. The van der Waals surface area contributed by atoms with Gasteiger partial charge in [0.1, 0.15) is 4.99 Å². The molecular formula is C16H23N3OS. The molecule has 0 radical (unpaired) electrons. The molecule has 0 atom stereocenters. The number of carbonyl (C=O) groups is 1. The Hall–Kier alpha value is -1.46. The quantitative estimate of drug-likeness (QED) is 0.724. The molecule has 4 nitrogen and oxygen atoms in total. The highest BCUT2D eigenvalue weighted by Gasteiger charge is 2.22. The van der Waals surface area contributed by atoms with E-state index in [-0.39, 0.29) is 5.91 Å². The second kappa shape index (κ2) is 7.52. The molecule has 0 saturated heterocycles. The summed E-state index contributed by atoms with van der Waals surface area (Å²) >= 11 is 4.93. The Morgan fingerprint density at radius 3 is 2.90 bits per heavy atom. The van der Waals surface area contributed by atoms with E-state index in [0.29, 0.717) is 11.4 Å². The maximum Gasteiger partial charge on any atom is 0.224 e. The van der Waals surface area contributed by atoms with Gasteiger partial charge in [0, 0.05) is 24.2 Å². The van der Waals surface area contributed by atoms with Crippen LogP contribution in [0.4, 0.5) is 5.69 Å². The van der Waals surface area contributed by atoms with Gasteiger partial charge < -0.3 is 16.0 Å². The van der Waals surface area contributed by atoms with Crippen LogP contribution in [0.2, 0.25) is 0 Å². The predicted molar refractivity (Wildman–Crippen MR) is 90.4 cm³/mol. The molecule has 21 heavy (non-hydrogen) atoms. The molecule has 5 heteroatoms. The smallest absolute Gasteiger partial charge is 0.224 e. The van der Waals surface area contributed by atoms with Crippen molar-refractivity contribution in [1.82, 2.24) is 4.90 Å². The second-order valence-electron chi connectivity index (χ2n) is 5.80. The molecule has 0 aliphatic heterocycles. The molecule has 1 amide bonds. The minimum atomic E-state index is 0.0370. The zero-order valence-corrected chi connectivity index (χ0v) is 13.3. The Morgan fingerprint density at radius 1 is 1.48 bits per heavy atom. The van der Waals surface area contributed by atoms with Gasteiger partial charge in [-0.1, -0.05) is 24.4 Å². The van der Waals surface area contributed by atoms with Crippen molar-refractivity contribution >= 4 is 28.8 Å². The average molecular weight is 305 g/mol. The molecule has 0 bridgehead atoms. The fraction of sp³-hybridized carbons (Fsp3) is 0.500. The lowest BCUT2D eigenvalue weighted by Gasteiger charge is -2.15. The standard InChI is InChI=1S/C16H23N3OS/c1-19(11-12-7-8-12)9-3-6-15(20)18-14-5-2-4-13(10-14)16(17)21/h2,4-5,10,12H,3,6-9,11H2,1H3,(H2,17,21)(H,18,20). The minimum Gasteiger partial charge on any atom is -0.389 e. The summed E-state index contributed by atoms with van der Waals surface area (Å²) in [5.41, 5.74) is 7.10. The minimum absolute atomic E-state index is 0.0370. The van der Waals surface area contributed by atoms with E-state index in [4.69, 9.17) is 18.0 Å². The Labute approximate surface area is 131 Å². The Kier molecular flexibility index (Phi) is 5.70. The van der Waals surface area contributed by atoms with Crippen LogP contribution in [0, 0.1) is 5.92 Å². The number of nitrogens with zero attached hydrogens (tertiary/aromatic N) is 1. The van der Waals surface area contributed by atoms with Gasteiger partial charge in [-0.3, -0.25) is 4.79 Å². The molecule has 0 heterocycles. The van der Waals surface area contributed by atoms with Crippen LogP contribution >= 0.6 is 12.2 Å². The van der Waals surface area contributed by atoms with Gasteiger partial charge in [-0.15, -0.1) is 0 Å². The van der Waals surface area contributed by atoms with Crippen molar-refractivity contribution in [2.24, 2.45) is 11.7 Å². The van der Waals surface area contributed by atoms with Crippen LogP contribution < -0.4 is 11.1 Å². The Balaban J connectivity index is 1.71. The van der Waals surface area contributed by atoms with Crippen LogP contribution in [0.1, 0.15) is 31.2 Å². The first kappa shape index (κ1) is 15.9. The van der Waals surface area contributed by atoms with E-state index in [1.54, 1.807) is 6.07 Å². The van der Waals surface area contributed by atoms with Gasteiger partial charge in [-0.25, -0.2) is 0 Å². The average Bonchev–Trinajstić information content (AvgIpc) is 3.22. The summed E-state index contributed by atoms with van der Waals surface area (Å²) in [5.74, 6) is 0.932. The second-order valence-corrected chi connectivity index (χ2v) is 6.24. The third kappa shape index (κ3) is 5.81. The monoisotopic (exact) mass is 305 g/mol. The SMILES string of the molecule is CN(CCCC(=O)Nc1cccc(C(N)=S)c1)CC1CC1. The predicted octanol–water partition coefficient (Wildman–Crippen LogP) is 2.38. The number of hydrogen-bond acceptors (Lipinski definition) is 3. The van der Waals surface area contributed by atoms with Gasteiger partial charge in [-0.2, -0.15) is 0 Å². The normalized spacial score (nSPS) is 14.2. The van der Waals surface area contributed by atoms with E-state index >= 15 is 0 Å². The summed E-state index contributed by atoms with van der Waals surface area (Å²) in [6.07, 6.45) is 4.14. The summed E-state index contributed by atoms with van der Waals surface area (Å²) in [5, 5.41) is 2.89. The number of nitrogens with one attached hydrogen (secondary N) is 1. The van der Waals surface area contributed by atoms with Crippen molar-refractivity contribution in [1.29, 1.82) is 0 Å². The maximum absolute atomic E-state index is 11.9. The van der Waals surface area contributed by atoms with Crippen LogP contribution in [0.25, 0.3) is 0 Å². The lowest BCUT2D eigenvalue weighted by molar-refractivity contribution is -0.116. The van der Waals surface area contributed by atoms with Crippen LogP contribution in [-0.4, -0.2) is 35.9 Å². The van der Waals surface area contributed by atoms with Gasteiger partial charge >= 0.3 is 0 Å². The van der Waals surface area contributed by atoms with Gasteiger partial charge in [0.25, 0.3) is 0 Å². The van der Waals surface area contributed by atoms with E-state index in [0.717, 1.165) is 36.7 Å². The lowest BCUT2D eigenvalue weighted by Crippen LogP contribution is -2.23. The summed E-state index contributed by atoms with van der Waals surface area (Å²) in [4.78, 5) is 14.6. The van der Waals surface area contributed by atoms with Crippen molar-refractivity contribution in [3.05, 3.63) is 29.8 Å². The molecule has 0 spiro atoms. The molecule has 2 rings (SSSR count). The first-order valence-corrected chi connectivity index (χ1v) is 7.83. The molecule has 1 saturated carbocycles.